The average Bonchev–Trinajstić information content (AvgIpc) is 2.41. The molecule has 0 amide bonds. The van der Waals surface area contributed by atoms with Crippen molar-refractivity contribution in [3.8, 4) is 0 Å². The first kappa shape index (κ1) is 7.57. The van der Waals surface area contributed by atoms with Gasteiger partial charge in [0, 0.05) is 6.54 Å². The van der Waals surface area contributed by atoms with Gasteiger partial charge in [0.1, 0.15) is 0 Å². The normalized spacial score (nSPS) is 9.70. The van der Waals surface area contributed by atoms with Crippen molar-refractivity contribution in [1.29, 1.82) is 0 Å². The van der Waals surface area contributed by atoms with Gasteiger partial charge in [-0.25, -0.2) is 0 Å². The summed E-state index contributed by atoms with van der Waals surface area (Å²) in [5.41, 5.74) is 5.33. The molecule has 56 valence electrons. The number of nitrogens with one attached hydrogen (secondary N) is 1. The van der Waals surface area contributed by atoms with Crippen LogP contribution in [-0.4, -0.2) is 13.1 Å². The van der Waals surface area contributed by atoms with Crippen LogP contribution in [0, 0.1) is 0 Å². The second-order valence-electron chi connectivity index (χ2n) is 2.05. The van der Waals surface area contributed by atoms with Crippen molar-refractivity contribution in [3.63, 3.8) is 0 Å². The van der Waals surface area contributed by atoms with Crippen molar-refractivity contribution in [2.45, 2.75) is 6.42 Å². The van der Waals surface area contributed by atoms with Gasteiger partial charge in [-0.1, -0.05) is 0 Å². The van der Waals surface area contributed by atoms with Gasteiger partial charge < -0.3 is 11.1 Å². The number of nitrogens with two attached hydrogens (primary N) is 1. The van der Waals surface area contributed by atoms with Crippen LogP contribution in [0.15, 0.2) is 17.5 Å². The highest BCUT2D eigenvalue weighted by Gasteiger charge is 1.88. The fourth-order valence-electron chi connectivity index (χ4n) is 0.693. The zero-order chi connectivity index (χ0) is 7.23. The van der Waals surface area contributed by atoms with Crippen LogP contribution in [0.4, 0.5) is 5.00 Å². The van der Waals surface area contributed by atoms with Crippen LogP contribution in [0.1, 0.15) is 6.42 Å². The summed E-state index contributed by atoms with van der Waals surface area (Å²) in [6.07, 6.45) is 1.04. The molecule has 3 N–H and O–H groups in total. The summed E-state index contributed by atoms with van der Waals surface area (Å²) in [6.45, 7) is 1.75. The second-order valence-corrected chi connectivity index (χ2v) is 2.99. The van der Waals surface area contributed by atoms with Crippen LogP contribution in [0.25, 0.3) is 0 Å². The lowest BCUT2D eigenvalue weighted by Gasteiger charge is -1.99. The number of anilines is 1. The molecule has 0 radical (unpaired) electrons. The molecule has 1 heterocycles. The highest BCUT2D eigenvalue weighted by molar-refractivity contribution is 7.14. The molecule has 2 nitrogen and oxygen atoms in total. The lowest BCUT2D eigenvalue weighted by Crippen LogP contribution is -2.07. The Balaban J connectivity index is 2.15. The van der Waals surface area contributed by atoms with Crippen LogP contribution in [0.3, 0.4) is 0 Å². The second kappa shape index (κ2) is 4.30. The van der Waals surface area contributed by atoms with E-state index in [-0.39, 0.29) is 0 Å². The molecule has 1 aromatic rings. The van der Waals surface area contributed by atoms with Gasteiger partial charge in [-0.3, -0.25) is 0 Å². The molecule has 0 saturated carbocycles. The maximum atomic E-state index is 5.33. The number of hydrogen-bond acceptors (Lipinski definition) is 3. The zero-order valence-electron chi connectivity index (χ0n) is 5.84. The van der Waals surface area contributed by atoms with E-state index in [1.165, 1.54) is 5.00 Å². The van der Waals surface area contributed by atoms with Crippen molar-refractivity contribution < 1.29 is 0 Å². The largest absolute Gasteiger partial charge is 0.377 e. The number of thiophene rings is 1. The standard InChI is InChI=1S/C7H12N2S/c8-4-2-5-9-7-3-1-6-10-7/h1,3,6,9H,2,4-5,8H2. The Morgan fingerprint density at radius 3 is 3.10 bits per heavy atom. The van der Waals surface area contributed by atoms with Gasteiger partial charge in [-0.2, -0.15) is 0 Å². The highest BCUT2D eigenvalue weighted by Crippen LogP contribution is 2.14. The van der Waals surface area contributed by atoms with Gasteiger partial charge >= 0.3 is 0 Å². The SMILES string of the molecule is NCCCNc1cccs1. The topological polar surface area (TPSA) is 38.0 Å². The number of hydrogen-bond donors (Lipinski definition) is 2. The van der Waals surface area contributed by atoms with Gasteiger partial charge in [-0.05, 0) is 30.5 Å². The average molecular weight is 156 g/mol. The highest BCUT2D eigenvalue weighted by atomic mass is 32.1. The van der Waals surface area contributed by atoms with E-state index in [9.17, 15) is 0 Å². The van der Waals surface area contributed by atoms with E-state index < -0.39 is 0 Å². The molecule has 0 bridgehead atoms. The van der Waals surface area contributed by atoms with Gasteiger partial charge in [0.2, 0.25) is 0 Å². The van der Waals surface area contributed by atoms with E-state index in [0.29, 0.717) is 0 Å². The van der Waals surface area contributed by atoms with Gasteiger partial charge in [0.05, 0.1) is 5.00 Å². The molecule has 0 atom stereocenters. The first-order chi connectivity index (χ1) is 4.93. The lowest BCUT2D eigenvalue weighted by atomic mass is 10.4. The quantitative estimate of drug-likeness (QED) is 0.648. The Labute approximate surface area is 65.1 Å². The third-order valence-corrected chi connectivity index (χ3v) is 2.03. The molecule has 1 rings (SSSR count). The van der Waals surface area contributed by atoms with Gasteiger partial charge in [0.25, 0.3) is 0 Å². The minimum atomic E-state index is 0.762. The molecule has 0 fully saturated rings. The Morgan fingerprint density at radius 1 is 1.60 bits per heavy atom. The van der Waals surface area contributed by atoms with Crippen molar-refractivity contribution in [2.75, 3.05) is 18.4 Å². The van der Waals surface area contributed by atoms with Crippen molar-refractivity contribution in [2.24, 2.45) is 5.73 Å². The maximum Gasteiger partial charge on any atom is 0.0882 e. The minimum Gasteiger partial charge on any atom is -0.377 e. The fourth-order valence-corrected chi connectivity index (χ4v) is 1.34. The van der Waals surface area contributed by atoms with E-state index in [0.717, 1.165) is 19.5 Å². The Morgan fingerprint density at radius 2 is 2.50 bits per heavy atom. The molecule has 0 unspecified atom stereocenters. The van der Waals surface area contributed by atoms with Crippen LogP contribution >= 0.6 is 11.3 Å². The van der Waals surface area contributed by atoms with Crippen molar-refractivity contribution >= 4 is 16.3 Å². The number of rotatable bonds is 4. The molecule has 0 aromatic carbocycles. The predicted octanol–water partition coefficient (Wildman–Crippen LogP) is 1.51. The molecular weight excluding hydrogens is 144 g/mol. The van der Waals surface area contributed by atoms with Crippen molar-refractivity contribution in [1.82, 2.24) is 0 Å². The maximum absolute atomic E-state index is 5.33. The summed E-state index contributed by atoms with van der Waals surface area (Å²) in [5, 5.41) is 6.55. The monoisotopic (exact) mass is 156 g/mol. The van der Waals surface area contributed by atoms with E-state index in [4.69, 9.17) is 5.73 Å². The molecule has 0 aliphatic rings. The molecule has 0 aliphatic heterocycles. The third-order valence-electron chi connectivity index (χ3n) is 1.20. The molecule has 10 heavy (non-hydrogen) atoms. The first-order valence-electron chi connectivity index (χ1n) is 3.41. The summed E-state index contributed by atoms with van der Waals surface area (Å²) in [7, 11) is 0. The zero-order valence-corrected chi connectivity index (χ0v) is 6.66. The molecule has 0 saturated heterocycles. The Bertz CT molecular complexity index is 160. The van der Waals surface area contributed by atoms with E-state index in [1.807, 2.05) is 6.07 Å². The summed E-state index contributed by atoms with van der Waals surface area (Å²) >= 11 is 1.72. The van der Waals surface area contributed by atoms with Crippen LogP contribution in [0.2, 0.25) is 0 Å². The molecule has 3 heteroatoms. The summed E-state index contributed by atoms with van der Waals surface area (Å²) in [6, 6.07) is 4.11. The van der Waals surface area contributed by atoms with Crippen LogP contribution in [-0.2, 0) is 0 Å². The van der Waals surface area contributed by atoms with Gasteiger partial charge in [0.15, 0.2) is 0 Å². The summed E-state index contributed by atoms with van der Waals surface area (Å²) in [4.78, 5) is 0. The van der Waals surface area contributed by atoms with Crippen molar-refractivity contribution in [3.05, 3.63) is 17.5 Å². The Hall–Kier alpha value is -0.540. The van der Waals surface area contributed by atoms with E-state index in [1.54, 1.807) is 11.3 Å². The molecule has 1 aromatic heterocycles. The smallest absolute Gasteiger partial charge is 0.0882 e. The summed E-state index contributed by atoms with van der Waals surface area (Å²) in [5.74, 6) is 0. The molecular formula is C7H12N2S. The minimum absolute atomic E-state index is 0.762. The Kier molecular flexibility index (Phi) is 3.26. The fraction of sp³-hybridized carbons (Fsp3) is 0.429. The van der Waals surface area contributed by atoms with Crippen LogP contribution in [0.5, 0.6) is 0 Å². The summed E-state index contributed by atoms with van der Waals surface area (Å²) < 4.78 is 0. The lowest BCUT2D eigenvalue weighted by molar-refractivity contribution is 0.876. The van der Waals surface area contributed by atoms with Crippen LogP contribution < -0.4 is 11.1 Å². The molecule has 0 spiro atoms. The first-order valence-corrected chi connectivity index (χ1v) is 4.29. The predicted molar refractivity (Wildman–Crippen MR) is 46.5 cm³/mol. The van der Waals surface area contributed by atoms with Gasteiger partial charge in [-0.15, -0.1) is 11.3 Å². The van der Waals surface area contributed by atoms with E-state index in [2.05, 4.69) is 16.8 Å². The van der Waals surface area contributed by atoms with E-state index >= 15 is 0 Å². The third kappa shape index (κ3) is 2.37. The molecule has 0 aliphatic carbocycles.